The first-order chi connectivity index (χ1) is 19.2. The van der Waals surface area contributed by atoms with Gasteiger partial charge in [-0.25, -0.2) is 0 Å². The molecule has 1 saturated carbocycles. The number of terminal acetylenes is 1. The van der Waals surface area contributed by atoms with E-state index in [0.717, 1.165) is 60.7 Å². The Bertz CT molecular complexity index is 1390. The van der Waals surface area contributed by atoms with E-state index in [1.165, 1.54) is 43.5 Å². The summed E-state index contributed by atoms with van der Waals surface area (Å²) >= 11 is 1.66. The van der Waals surface area contributed by atoms with Crippen LogP contribution in [0.25, 0.3) is 0 Å². The molecule has 1 atom stereocenters. The van der Waals surface area contributed by atoms with Crippen LogP contribution in [0.1, 0.15) is 66.6 Å². The summed E-state index contributed by atoms with van der Waals surface area (Å²) in [6, 6.07) is 12.3. The predicted octanol–water partition coefficient (Wildman–Crippen LogP) is 5.92. The summed E-state index contributed by atoms with van der Waals surface area (Å²) < 4.78 is 41.4. The zero-order valence-electron chi connectivity index (χ0n) is 23.2. The van der Waals surface area contributed by atoms with Gasteiger partial charge in [0.05, 0.1) is 28.0 Å². The molecule has 1 saturated heterocycles. The topological polar surface area (TPSA) is 97.8 Å². The van der Waals surface area contributed by atoms with Crippen molar-refractivity contribution in [3.63, 3.8) is 0 Å². The van der Waals surface area contributed by atoms with Crippen molar-refractivity contribution in [2.75, 3.05) is 20.3 Å². The van der Waals surface area contributed by atoms with Gasteiger partial charge in [0, 0.05) is 35.8 Å². The maximum Gasteiger partial charge on any atom is 0.294 e. The van der Waals surface area contributed by atoms with Crippen LogP contribution in [0.15, 0.2) is 58.9 Å². The van der Waals surface area contributed by atoms with Crippen LogP contribution in [-0.4, -0.2) is 43.8 Å². The first kappa shape index (κ1) is 30.2. The Morgan fingerprint density at radius 2 is 1.93 bits per heavy atom. The van der Waals surface area contributed by atoms with Crippen molar-refractivity contribution in [2.24, 2.45) is 0 Å². The zero-order chi connectivity index (χ0) is 28.6. The van der Waals surface area contributed by atoms with Crippen molar-refractivity contribution in [1.29, 1.82) is 0 Å². The van der Waals surface area contributed by atoms with Crippen LogP contribution < -0.4 is 10.1 Å². The van der Waals surface area contributed by atoms with Crippen LogP contribution in [0.5, 0.6) is 5.75 Å². The summed E-state index contributed by atoms with van der Waals surface area (Å²) in [5, 5.41) is 5.62. The molecule has 40 heavy (non-hydrogen) atoms. The van der Waals surface area contributed by atoms with E-state index in [9.17, 15) is 8.42 Å². The van der Waals surface area contributed by atoms with Crippen LogP contribution in [0, 0.1) is 19.3 Å². The van der Waals surface area contributed by atoms with E-state index in [2.05, 4.69) is 23.4 Å². The number of nitrogens with zero attached hydrogens (tertiary/aromatic N) is 1. The molecule has 1 aliphatic heterocycles. The molecule has 3 aromatic rings. The fourth-order valence-electron chi connectivity index (χ4n) is 5.87. The van der Waals surface area contributed by atoms with Crippen molar-refractivity contribution in [3.05, 3.63) is 75.7 Å². The minimum Gasteiger partial charge on any atom is -0.494 e. The van der Waals surface area contributed by atoms with Crippen LogP contribution in [0.3, 0.4) is 0 Å². The first-order valence-electron chi connectivity index (χ1n) is 13.6. The van der Waals surface area contributed by atoms with Gasteiger partial charge < -0.3 is 14.8 Å². The lowest BCUT2D eigenvalue weighted by Crippen LogP contribution is -2.47. The highest BCUT2D eigenvalue weighted by Gasteiger charge is 2.48. The number of aryl methyl sites for hydroxylation is 1. The Balaban J connectivity index is 0.000000283. The van der Waals surface area contributed by atoms with Gasteiger partial charge in [0.15, 0.2) is 0 Å². The Hall–Kier alpha value is -2.74. The lowest BCUT2D eigenvalue weighted by atomic mass is 9.68. The van der Waals surface area contributed by atoms with E-state index < -0.39 is 10.1 Å². The number of methoxy groups -OCH3 is 1. The maximum absolute atomic E-state index is 10.5. The van der Waals surface area contributed by atoms with Crippen molar-refractivity contribution in [1.82, 2.24) is 10.3 Å². The maximum atomic E-state index is 10.5. The smallest absolute Gasteiger partial charge is 0.294 e. The lowest BCUT2D eigenvalue weighted by molar-refractivity contribution is -0.104. The molecule has 214 valence electrons. The molecule has 5 rings (SSSR count). The molecule has 1 unspecified atom stereocenters. The van der Waals surface area contributed by atoms with E-state index in [-0.39, 0.29) is 15.9 Å². The molecular weight excluding hydrogens is 544 g/mol. The fraction of sp³-hybridized carbons (Fsp3) is 0.452. The number of ether oxygens (including phenoxy) is 2. The number of nitrogens with one attached hydrogen (secondary N) is 1. The SMILES string of the molecule is C#Cc1csc(CNCCC2(c3ccccn3)CCOC3(CCCC3)C2)c1OC.Cc1ccc(S(=O)(=O)O)cc1. The van der Waals surface area contributed by atoms with E-state index in [1.54, 1.807) is 30.6 Å². The van der Waals surface area contributed by atoms with Gasteiger partial charge in [-0.2, -0.15) is 8.42 Å². The second-order valence-electron chi connectivity index (χ2n) is 10.6. The summed E-state index contributed by atoms with van der Waals surface area (Å²) in [5.41, 5.74) is 3.17. The molecule has 2 aromatic heterocycles. The molecule has 2 aliphatic rings. The van der Waals surface area contributed by atoms with Gasteiger partial charge in [-0.3, -0.25) is 9.54 Å². The van der Waals surface area contributed by atoms with Gasteiger partial charge in [0.1, 0.15) is 5.75 Å². The van der Waals surface area contributed by atoms with Gasteiger partial charge in [-0.15, -0.1) is 17.8 Å². The first-order valence-corrected chi connectivity index (χ1v) is 15.9. The van der Waals surface area contributed by atoms with Crippen molar-refractivity contribution >= 4 is 21.5 Å². The summed E-state index contributed by atoms with van der Waals surface area (Å²) in [6.45, 7) is 4.38. The largest absolute Gasteiger partial charge is 0.494 e. The van der Waals surface area contributed by atoms with E-state index in [1.807, 2.05) is 24.6 Å². The number of hydrogen-bond acceptors (Lipinski definition) is 7. The predicted molar refractivity (Wildman–Crippen MR) is 158 cm³/mol. The normalized spacial score (nSPS) is 19.9. The minimum absolute atomic E-state index is 0.0639. The van der Waals surface area contributed by atoms with Crippen molar-refractivity contribution < 1.29 is 22.4 Å². The number of thiophene rings is 1. The molecule has 1 spiro atoms. The van der Waals surface area contributed by atoms with Gasteiger partial charge in [-0.1, -0.05) is 42.5 Å². The molecule has 0 radical (unpaired) electrons. The molecule has 1 aliphatic carbocycles. The van der Waals surface area contributed by atoms with Gasteiger partial charge in [0.2, 0.25) is 0 Å². The number of pyridine rings is 1. The number of aromatic nitrogens is 1. The minimum atomic E-state index is -4.02. The average Bonchev–Trinajstić information content (AvgIpc) is 3.58. The molecular formula is C31H38N2O5S2. The Morgan fingerprint density at radius 3 is 2.55 bits per heavy atom. The van der Waals surface area contributed by atoms with Gasteiger partial charge in [-0.05, 0) is 69.8 Å². The molecule has 7 nitrogen and oxygen atoms in total. The number of hydrogen-bond donors (Lipinski definition) is 2. The third-order valence-electron chi connectivity index (χ3n) is 7.93. The molecule has 0 amide bonds. The summed E-state index contributed by atoms with van der Waals surface area (Å²) in [7, 11) is -2.33. The van der Waals surface area contributed by atoms with Crippen molar-refractivity contribution in [3.8, 4) is 18.1 Å². The second kappa shape index (κ2) is 13.3. The lowest BCUT2D eigenvalue weighted by Gasteiger charge is -2.46. The van der Waals surface area contributed by atoms with Crippen LogP contribution >= 0.6 is 11.3 Å². The fourth-order valence-corrected chi connectivity index (χ4v) is 7.27. The molecule has 9 heteroatoms. The number of benzene rings is 1. The highest BCUT2D eigenvalue weighted by molar-refractivity contribution is 7.85. The molecule has 2 N–H and O–H groups in total. The highest BCUT2D eigenvalue weighted by Crippen LogP contribution is 2.49. The van der Waals surface area contributed by atoms with Crippen LogP contribution in [0.2, 0.25) is 0 Å². The molecule has 1 aromatic carbocycles. The van der Waals surface area contributed by atoms with Crippen LogP contribution in [-0.2, 0) is 26.8 Å². The second-order valence-corrected chi connectivity index (χ2v) is 13.0. The monoisotopic (exact) mass is 582 g/mol. The van der Waals surface area contributed by atoms with E-state index in [0.29, 0.717) is 0 Å². The van der Waals surface area contributed by atoms with Gasteiger partial charge >= 0.3 is 0 Å². The van der Waals surface area contributed by atoms with Crippen molar-refractivity contribution in [2.45, 2.75) is 74.3 Å². The standard InChI is InChI=1S/C24H30N2O2S.C7H8O3S/c1-3-19-17-29-20(22(19)27-2)16-25-14-11-23(21-8-4-7-13-26-21)12-15-28-24(18-23)9-5-6-10-24;1-6-2-4-7(5-3-6)11(8,9)10/h1,4,7-8,13,17,25H,5-6,9-12,14-16,18H2,2H3;2-5H,1H3,(H,8,9,10). The molecule has 3 heterocycles. The highest BCUT2D eigenvalue weighted by atomic mass is 32.2. The average molecular weight is 583 g/mol. The summed E-state index contributed by atoms with van der Waals surface area (Å²) in [5.74, 6) is 3.53. The van der Waals surface area contributed by atoms with Crippen LogP contribution in [0.4, 0.5) is 0 Å². The summed E-state index contributed by atoms with van der Waals surface area (Å²) in [4.78, 5) is 5.88. The Labute approximate surface area is 242 Å². The quantitative estimate of drug-likeness (QED) is 0.193. The summed E-state index contributed by atoms with van der Waals surface area (Å²) in [6.07, 6.45) is 15.6. The Morgan fingerprint density at radius 1 is 1.18 bits per heavy atom. The third-order valence-corrected chi connectivity index (χ3v) is 9.77. The third kappa shape index (κ3) is 7.31. The molecule has 0 bridgehead atoms. The molecule has 2 fully saturated rings. The Kier molecular flexibility index (Phi) is 10.0. The zero-order valence-corrected chi connectivity index (χ0v) is 24.8. The number of rotatable bonds is 8. The van der Waals surface area contributed by atoms with Gasteiger partial charge in [0.25, 0.3) is 10.1 Å². The van der Waals surface area contributed by atoms with E-state index >= 15 is 0 Å². The van der Waals surface area contributed by atoms with E-state index in [4.69, 9.17) is 25.4 Å².